The predicted molar refractivity (Wildman–Crippen MR) is 51.1 cm³/mol. The van der Waals surface area contributed by atoms with E-state index >= 15 is 0 Å². The molecule has 2 rings (SSSR count). The van der Waals surface area contributed by atoms with Gasteiger partial charge in [0.15, 0.2) is 6.29 Å². The molecule has 1 aromatic carbocycles. The number of hydrogen-bond donors (Lipinski definition) is 0. The fourth-order valence-corrected chi connectivity index (χ4v) is 1.43. The summed E-state index contributed by atoms with van der Waals surface area (Å²) in [5.41, 5.74) is 0. The van der Waals surface area contributed by atoms with Gasteiger partial charge in [0.25, 0.3) is 0 Å². The zero-order valence-electron chi connectivity index (χ0n) is 7.20. The number of ether oxygens (including phenoxy) is 2. The second-order valence-corrected chi connectivity index (χ2v) is 3.45. The van der Waals surface area contributed by atoms with E-state index in [-0.39, 0.29) is 6.29 Å². The molecule has 3 heteroatoms. The Bertz CT molecular complexity index is 265. The van der Waals surface area contributed by atoms with E-state index in [0.29, 0.717) is 0 Å². The molecular weight excluding hydrogens is 188 g/mol. The molecule has 0 spiro atoms. The van der Waals surface area contributed by atoms with Gasteiger partial charge in [-0.15, -0.1) is 0 Å². The first kappa shape index (κ1) is 8.85. The van der Waals surface area contributed by atoms with Gasteiger partial charge in [-0.2, -0.15) is 0 Å². The lowest BCUT2D eigenvalue weighted by atomic mass is 10.3. The van der Waals surface area contributed by atoms with Crippen molar-refractivity contribution in [2.75, 3.05) is 6.61 Å². The summed E-state index contributed by atoms with van der Waals surface area (Å²) < 4.78 is 10.9. The lowest BCUT2D eigenvalue weighted by molar-refractivity contribution is -0.0390. The maximum absolute atomic E-state index is 5.74. The van der Waals surface area contributed by atoms with E-state index in [1.165, 1.54) is 0 Å². The molecule has 1 atom stereocenters. The molecule has 2 nitrogen and oxygen atoms in total. The van der Waals surface area contributed by atoms with Crippen molar-refractivity contribution in [3.63, 3.8) is 0 Å². The van der Waals surface area contributed by atoms with Gasteiger partial charge in [-0.3, -0.25) is 0 Å². The first-order chi connectivity index (χ1) is 6.34. The van der Waals surface area contributed by atoms with Crippen LogP contribution in [0.3, 0.4) is 0 Å². The molecule has 1 aliphatic rings. The molecule has 0 N–H and O–H groups in total. The summed E-state index contributed by atoms with van der Waals surface area (Å²) in [5.74, 6) is 0.816. The first-order valence-corrected chi connectivity index (χ1v) is 4.76. The van der Waals surface area contributed by atoms with E-state index in [9.17, 15) is 0 Å². The minimum atomic E-state index is -0.0684. The van der Waals surface area contributed by atoms with Gasteiger partial charge < -0.3 is 9.47 Å². The Hall–Kier alpha value is -0.730. The van der Waals surface area contributed by atoms with Gasteiger partial charge in [0.1, 0.15) is 5.75 Å². The highest BCUT2D eigenvalue weighted by Crippen LogP contribution is 2.20. The SMILES string of the molecule is Clc1ccc(OC2CCCO2)cc1. The van der Waals surface area contributed by atoms with Crippen LogP contribution in [0.5, 0.6) is 5.75 Å². The number of rotatable bonds is 2. The number of halogens is 1. The van der Waals surface area contributed by atoms with Crippen LogP contribution >= 0.6 is 11.6 Å². The summed E-state index contributed by atoms with van der Waals surface area (Å²) in [7, 11) is 0. The van der Waals surface area contributed by atoms with Crippen molar-refractivity contribution in [3.05, 3.63) is 29.3 Å². The largest absolute Gasteiger partial charge is 0.465 e. The normalized spacial score (nSPS) is 21.8. The van der Waals surface area contributed by atoms with E-state index in [0.717, 1.165) is 30.2 Å². The molecular formula is C10H11ClO2. The Labute approximate surface area is 82.4 Å². The highest BCUT2D eigenvalue weighted by atomic mass is 35.5. The Kier molecular flexibility index (Phi) is 2.71. The third kappa shape index (κ3) is 2.36. The molecule has 0 saturated carbocycles. The summed E-state index contributed by atoms with van der Waals surface area (Å²) in [6, 6.07) is 7.33. The smallest absolute Gasteiger partial charge is 0.199 e. The van der Waals surface area contributed by atoms with Crippen molar-refractivity contribution in [1.29, 1.82) is 0 Å². The van der Waals surface area contributed by atoms with Gasteiger partial charge >= 0.3 is 0 Å². The zero-order chi connectivity index (χ0) is 9.10. The van der Waals surface area contributed by atoms with Crippen LogP contribution in [-0.2, 0) is 4.74 Å². The summed E-state index contributed by atoms with van der Waals surface area (Å²) in [5, 5.41) is 0.722. The number of benzene rings is 1. The van der Waals surface area contributed by atoms with Crippen LogP contribution in [0.25, 0.3) is 0 Å². The molecule has 0 amide bonds. The van der Waals surface area contributed by atoms with Gasteiger partial charge in [-0.25, -0.2) is 0 Å². The van der Waals surface area contributed by atoms with Gasteiger partial charge in [0.05, 0.1) is 6.61 Å². The van der Waals surface area contributed by atoms with Crippen molar-refractivity contribution in [2.45, 2.75) is 19.1 Å². The molecule has 1 aliphatic heterocycles. The van der Waals surface area contributed by atoms with E-state index in [4.69, 9.17) is 21.1 Å². The summed E-state index contributed by atoms with van der Waals surface area (Å²) in [6.45, 7) is 0.804. The maximum Gasteiger partial charge on any atom is 0.199 e. The topological polar surface area (TPSA) is 18.5 Å². The Morgan fingerprint density at radius 2 is 2.08 bits per heavy atom. The van der Waals surface area contributed by atoms with Gasteiger partial charge in [-0.1, -0.05) is 11.6 Å². The first-order valence-electron chi connectivity index (χ1n) is 4.38. The molecule has 0 aliphatic carbocycles. The van der Waals surface area contributed by atoms with Gasteiger partial charge in [0, 0.05) is 11.4 Å². The molecule has 1 saturated heterocycles. The lowest BCUT2D eigenvalue weighted by Gasteiger charge is -2.12. The van der Waals surface area contributed by atoms with Crippen LogP contribution in [0, 0.1) is 0 Å². The molecule has 0 bridgehead atoms. The van der Waals surface area contributed by atoms with Gasteiger partial charge in [-0.05, 0) is 30.7 Å². The second-order valence-electron chi connectivity index (χ2n) is 3.01. The van der Waals surface area contributed by atoms with Crippen LogP contribution in [0.2, 0.25) is 5.02 Å². The average Bonchev–Trinajstić information content (AvgIpc) is 2.62. The lowest BCUT2D eigenvalue weighted by Crippen LogP contribution is -2.13. The molecule has 0 radical (unpaired) electrons. The molecule has 1 aromatic rings. The summed E-state index contributed by atoms with van der Waals surface area (Å²) in [6.07, 6.45) is 1.99. The van der Waals surface area contributed by atoms with Crippen molar-refractivity contribution in [2.24, 2.45) is 0 Å². The standard InChI is InChI=1S/C10H11ClO2/c11-8-3-5-9(6-4-8)13-10-2-1-7-12-10/h3-6,10H,1-2,7H2. The Morgan fingerprint density at radius 3 is 2.69 bits per heavy atom. The Balaban J connectivity index is 1.97. The van der Waals surface area contributed by atoms with Crippen LogP contribution in [0.4, 0.5) is 0 Å². The molecule has 0 aromatic heterocycles. The number of hydrogen-bond acceptors (Lipinski definition) is 2. The molecule has 70 valence electrons. The van der Waals surface area contributed by atoms with Crippen LogP contribution in [0.15, 0.2) is 24.3 Å². The third-order valence-corrected chi connectivity index (χ3v) is 2.22. The summed E-state index contributed by atoms with van der Waals surface area (Å²) >= 11 is 5.74. The molecule has 13 heavy (non-hydrogen) atoms. The molecule has 1 heterocycles. The van der Waals surface area contributed by atoms with E-state index < -0.39 is 0 Å². The quantitative estimate of drug-likeness (QED) is 0.728. The van der Waals surface area contributed by atoms with Crippen molar-refractivity contribution in [1.82, 2.24) is 0 Å². The van der Waals surface area contributed by atoms with E-state index in [2.05, 4.69) is 0 Å². The third-order valence-electron chi connectivity index (χ3n) is 1.97. The maximum atomic E-state index is 5.74. The van der Waals surface area contributed by atoms with Crippen molar-refractivity contribution in [3.8, 4) is 5.75 Å². The van der Waals surface area contributed by atoms with Crippen molar-refractivity contribution < 1.29 is 9.47 Å². The van der Waals surface area contributed by atoms with Crippen LogP contribution < -0.4 is 4.74 Å². The van der Waals surface area contributed by atoms with Crippen molar-refractivity contribution >= 4 is 11.6 Å². The van der Waals surface area contributed by atoms with Crippen LogP contribution in [-0.4, -0.2) is 12.9 Å². The highest BCUT2D eigenvalue weighted by Gasteiger charge is 2.16. The van der Waals surface area contributed by atoms with Gasteiger partial charge in [0.2, 0.25) is 0 Å². The minimum Gasteiger partial charge on any atom is -0.465 e. The predicted octanol–water partition coefficient (Wildman–Crippen LogP) is 2.86. The van der Waals surface area contributed by atoms with E-state index in [1.54, 1.807) is 0 Å². The monoisotopic (exact) mass is 198 g/mol. The molecule has 1 fully saturated rings. The fraction of sp³-hybridized carbons (Fsp3) is 0.400. The minimum absolute atomic E-state index is 0.0684. The Morgan fingerprint density at radius 1 is 1.31 bits per heavy atom. The zero-order valence-corrected chi connectivity index (χ0v) is 7.96. The highest BCUT2D eigenvalue weighted by molar-refractivity contribution is 6.30. The fourth-order valence-electron chi connectivity index (χ4n) is 1.31. The molecule has 1 unspecified atom stereocenters. The summed E-state index contributed by atoms with van der Waals surface area (Å²) in [4.78, 5) is 0. The second kappa shape index (κ2) is 3.99. The van der Waals surface area contributed by atoms with Crippen LogP contribution in [0.1, 0.15) is 12.8 Å². The van der Waals surface area contributed by atoms with E-state index in [1.807, 2.05) is 24.3 Å². The average molecular weight is 199 g/mol.